The molecule has 1 amide bonds. The Bertz CT molecular complexity index is 453. The normalized spacial score (nSPS) is 19.2. The number of pyridine rings is 1. The highest BCUT2D eigenvalue weighted by molar-refractivity contribution is 5.94. The minimum atomic E-state index is -2.54. The van der Waals surface area contributed by atoms with Gasteiger partial charge in [-0.2, -0.15) is 0 Å². The van der Waals surface area contributed by atoms with E-state index in [9.17, 15) is 13.6 Å². The van der Waals surface area contributed by atoms with Crippen LogP contribution in [0.5, 0.6) is 5.88 Å². The highest BCUT2D eigenvalue weighted by atomic mass is 19.3. The van der Waals surface area contributed by atoms with E-state index in [1.54, 1.807) is 11.0 Å². The first kappa shape index (κ1) is 14.6. The van der Waals surface area contributed by atoms with Gasteiger partial charge >= 0.3 is 0 Å². The zero-order chi connectivity index (χ0) is 14.5. The number of aromatic nitrogens is 1. The number of piperazine rings is 1. The lowest BCUT2D eigenvalue weighted by molar-refractivity contribution is 0.0706. The smallest absolute Gasteiger partial charge is 0.272 e. The first-order chi connectivity index (χ1) is 9.56. The molecule has 1 fully saturated rings. The van der Waals surface area contributed by atoms with E-state index >= 15 is 0 Å². The second-order valence-electron chi connectivity index (χ2n) is 4.69. The van der Waals surface area contributed by atoms with E-state index in [1.165, 1.54) is 12.3 Å². The maximum absolute atomic E-state index is 12.2. The third kappa shape index (κ3) is 3.86. The standard InChI is InChI=1S/C13H17F2N3O2/c1-9-7-18(5-4-16-9)13(19)10-2-3-12(17-6-10)20-8-11(14)15/h2-3,6,9,11,16H,4-5,7-8H2,1H3/t9-/m1/s1. The monoisotopic (exact) mass is 285 g/mol. The number of carbonyl (C=O) groups excluding carboxylic acids is 1. The van der Waals surface area contributed by atoms with Gasteiger partial charge in [0.15, 0.2) is 6.61 Å². The number of halogens is 2. The molecule has 0 saturated carbocycles. The molecule has 0 unspecified atom stereocenters. The second-order valence-corrected chi connectivity index (χ2v) is 4.69. The molecule has 0 radical (unpaired) electrons. The molecule has 1 aromatic rings. The van der Waals surface area contributed by atoms with Crippen LogP contribution in [0.1, 0.15) is 17.3 Å². The Hall–Kier alpha value is -1.76. The summed E-state index contributed by atoms with van der Waals surface area (Å²) >= 11 is 0. The van der Waals surface area contributed by atoms with Crippen molar-refractivity contribution in [1.82, 2.24) is 15.2 Å². The summed E-state index contributed by atoms with van der Waals surface area (Å²) in [7, 11) is 0. The molecule has 5 nitrogen and oxygen atoms in total. The van der Waals surface area contributed by atoms with E-state index < -0.39 is 13.0 Å². The van der Waals surface area contributed by atoms with E-state index in [0.29, 0.717) is 18.7 Å². The van der Waals surface area contributed by atoms with Crippen molar-refractivity contribution in [2.75, 3.05) is 26.2 Å². The summed E-state index contributed by atoms with van der Waals surface area (Å²) in [5.41, 5.74) is 0.434. The Labute approximate surface area is 115 Å². The van der Waals surface area contributed by atoms with E-state index in [2.05, 4.69) is 10.3 Å². The fourth-order valence-electron chi connectivity index (χ4n) is 2.04. The molecule has 1 atom stereocenters. The lowest BCUT2D eigenvalue weighted by Crippen LogP contribution is -2.51. The lowest BCUT2D eigenvalue weighted by atomic mass is 10.2. The topological polar surface area (TPSA) is 54.5 Å². The number of amides is 1. The van der Waals surface area contributed by atoms with Gasteiger partial charge in [0.1, 0.15) is 0 Å². The number of nitrogens with one attached hydrogen (secondary N) is 1. The fraction of sp³-hybridized carbons (Fsp3) is 0.538. The number of rotatable bonds is 4. The number of hydrogen-bond acceptors (Lipinski definition) is 4. The molecule has 0 aromatic carbocycles. The van der Waals surface area contributed by atoms with Crippen LogP contribution in [0.3, 0.4) is 0 Å². The molecular weight excluding hydrogens is 268 g/mol. The summed E-state index contributed by atoms with van der Waals surface area (Å²) < 4.78 is 28.7. The summed E-state index contributed by atoms with van der Waals surface area (Å²) in [6, 6.07) is 3.23. The Morgan fingerprint density at radius 1 is 1.60 bits per heavy atom. The molecular formula is C13H17F2N3O2. The van der Waals surface area contributed by atoms with Gasteiger partial charge in [-0.1, -0.05) is 0 Å². The lowest BCUT2D eigenvalue weighted by Gasteiger charge is -2.31. The van der Waals surface area contributed by atoms with Crippen LogP contribution in [0, 0.1) is 0 Å². The van der Waals surface area contributed by atoms with Gasteiger partial charge in [0.2, 0.25) is 5.88 Å². The number of alkyl halides is 2. The molecule has 20 heavy (non-hydrogen) atoms. The van der Waals surface area contributed by atoms with Crippen molar-refractivity contribution >= 4 is 5.91 Å². The molecule has 0 bridgehead atoms. The molecule has 1 aliphatic heterocycles. The highest BCUT2D eigenvalue weighted by Crippen LogP contribution is 2.12. The van der Waals surface area contributed by atoms with Crippen molar-refractivity contribution in [2.24, 2.45) is 0 Å². The largest absolute Gasteiger partial charge is 0.472 e. The fourth-order valence-corrected chi connectivity index (χ4v) is 2.04. The average Bonchev–Trinajstić information content (AvgIpc) is 2.45. The summed E-state index contributed by atoms with van der Waals surface area (Å²) in [6.07, 6.45) is -1.18. The molecule has 1 N–H and O–H groups in total. The number of hydrogen-bond donors (Lipinski definition) is 1. The molecule has 2 heterocycles. The Morgan fingerprint density at radius 3 is 3.00 bits per heavy atom. The van der Waals surface area contributed by atoms with E-state index in [-0.39, 0.29) is 17.8 Å². The van der Waals surface area contributed by atoms with Crippen LogP contribution in [-0.2, 0) is 0 Å². The molecule has 1 aliphatic rings. The van der Waals surface area contributed by atoms with Crippen LogP contribution in [0.4, 0.5) is 8.78 Å². The van der Waals surface area contributed by atoms with Crippen molar-refractivity contribution in [2.45, 2.75) is 19.4 Å². The number of ether oxygens (including phenoxy) is 1. The van der Waals surface area contributed by atoms with E-state index in [1.807, 2.05) is 6.92 Å². The molecule has 0 aliphatic carbocycles. The van der Waals surface area contributed by atoms with Crippen molar-refractivity contribution in [3.63, 3.8) is 0 Å². The minimum absolute atomic E-state index is 0.0931. The Morgan fingerprint density at radius 2 is 2.40 bits per heavy atom. The van der Waals surface area contributed by atoms with Crippen molar-refractivity contribution in [1.29, 1.82) is 0 Å². The van der Waals surface area contributed by atoms with Crippen LogP contribution in [0.2, 0.25) is 0 Å². The van der Waals surface area contributed by atoms with Gasteiger partial charge < -0.3 is 15.0 Å². The molecule has 1 saturated heterocycles. The van der Waals surface area contributed by atoms with Gasteiger partial charge in [0.25, 0.3) is 12.3 Å². The maximum atomic E-state index is 12.2. The van der Waals surface area contributed by atoms with Crippen molar-refractivity contribution in [3.05, 3.63) is 23.9 Å². The first-order valence-electron chi connectivity index (χ1n) is 6.46. The predicted octanol–water partition coefficient (Wildman–Crippen LogP) is 1.16. The summed E-state index contributed by atoms with van der Waals surface area (Å²) in [5, 5.41) is 3.25. The van der Waals surface area contributed by atoms with Crippen LogP contribution in [0.15, 0.2) is 18.3 Å². The molecule has 7 heteroatoms. The first-order valence-corrected chi connectivity index (χ1v) is 6.46. The Kier molecular flexibility index (Phi) is 4.84. The molecule has 110 valence electrons. The summed E-state index contributed by atoms with van der Waals surface area (Å²) in [5.74, 6) is -0.0122. The predicted molar refractivity (Wildman–Crippen MR) is 69.1 cm³/mol. The van der Waals surface area contributed by atoms with Gasteiger partial charge in [-0.15, -0.1) is 0 Å². The maximum Gasteiger partial charge on any atom is 0.272 e. The molecule has 1 aromatic heterocycles. The van der Waals surface area contributed by atoms with Crippen LogP contribution >= 0.6 is 0 Å². The van der Waals surface area contributed by atoms with Gasteiger partial charge in [0, 0.05) is 37.9 Å². The van der Waals surface area contributed by atoms with Crippen molar-refractivity contribution < 1.29 is 18.3 Å². The van der Waals surface area contributed by atoms with Gasteiger partial charge in [-0.3, -0.25) is 4.79 Å². The van der Waals surface area contributed by atoms with Crippen LogP contribution in [0.25, 0.3) is 0 Å². The zero-order valence-corrected chi connectivity index (χ0v) is 11.2. The van der Waals surface area contributed by atoms with Gasteiger partial charge in [-0.25, -0.2) is 13.8 Å². The van der Waals surface area contributed by atoms with Gasteiger partial charge in [-0.05, 0) is 13.0 Å². The Balaban J connectivity index is 1.96. The molecule has 0 spiro atoms. The summed E-state index contributed by atoms with van der Waals surface area (Å²) in [6.45, 7) is 3.36. The highest BCUT2D eigenvalue weighted by Gasteiger charge is 2.21. The third-order valence-corrected chi connectivity index (χ3v) is 3.00. The SMILES string of the molecule is C[C@@H]1CN(C(=O)c2ccc(OCC(F)F)nc2)CCN1. The second kappa shape index (κ2) is 6.60. The number of nitrogens with zero attached hydrogens (tertiary/aromatic N) is 2. The van der Waals surface area contributed by atoms with Gasteiger partial charge in [0.05, 0.1) is 5.56 Å². The van der Waals surface area contributed by atoms with E-state index in [0.717, 1.165) is 6.54 Å². The number of carbonyl (C=O) groups is 1. The summed E-state index contributed by atoms with van der Waals surface area (Å²) in [4.78, 5) is 17.8. The van der Waals surface area contributed by atoms with Crippen LogP contribution < -0.4 is 10.1 Å². The van der Waals surface area contributed by atoms with Crippen LogP contribution in [-0.4, -0.2) is 54.5 Å². The third-order valence-electron chi connectivity index (χ3n) is 3.00. The average molecular weight is 285 g/mol. The quantitative estimate of drug-likeness (QED) is 0.902. The van der Waals surface area contributed by atoms with Crippen molar-refractivity contribution in [3.8, 4) is 5.88 Å². The zero-order valence-electron chi connectivity index (χ0n) is 11.2. The molecule has 2 rings (SSSR count). The minimum Gasteiger partial charge on any atom is -0.472 e. The van der Waals surface area contributed by atoms with E-state index in [4.69, 9.17) is 4.74 Å².